The van der Waals surface area contributed by atoms with Gasteiger partial charge in [-0.25, -0.2) is 0 Å². The molecule has 2 saturated carbocycles. The zero-order chi connectivity index (χ0) is 10.5. The van der Waals surface area contributed by atoms with E-state index in [4.69, 9.17) is 10.5 Å². The van der Waals surface area contributed by atoms with Crippen LogP contribution in [0.4, 0.5) is 0 Å². The van der Waals surface area contributed by atoms with Gasteiger partial charge < -0.3 is 10.5 Å². The monoisotopic (exact) mass is 211 g/mol. The Balaban J connectivity index is 1.48. The highest BCUT2D eigenvalue weighted by atomic mass is 16.5. The zero-order valence-corrected chi connectivity index (χ0v) is 9.79. The third-order valence-corrected chi connectivity index (χ3v) is 4.21. The Bertz CT molecular complexity index is 173. The molecule has 2 aliphatic rings. The molecule has 1 unspecified atom stereocenters. The molecule has 0 aromatic carbocycles. The summed E-state index contributed by atoms with van der Waals surface area (Å²) in [6, 6.07) is 0.300. The van der Waals surface area contributed by atoms with Crippen LogP contribution in [0.5, 0.6) is 0 Å². The van der Waals surface area contributed by atoms with Gasteiger partial charge in [-0.05, 0) is 31.1 Å². The molecule has 0 aromatic heterocycles. The molecule has 2 N–H and O–H groups in total. The van der Waals surface area contributed by atoms with E-state index in [1.54, 1.807) is 0 Å². The summed E-state index contributed by atoms with van der Waals surface area (Å²) in [5, 5.41) is 0. The molecular weight excluding hydrogens is 186 g/mol. The van der Waals surface area contributed by atoms with Crippen molar-refractivity contribution in [1.82, 2.24) is 0 Å². The van der Waals surface area contributed by atoms with Gasteiger partial charge in [0, 0.05) is 12.6 Å². The number of hydrogen-bond acceptors (Lipinski definition) is 2. The van der Waals surface area contributed by atoms with Crippen LogP contribution >= 0.6 is 0 Å². The molecule has 0 bridgehead atoms. The van der Waals surface area contributed by atoms with Crippen LogP contribution in [0.3, 0.4) is 0 Å². The van der Waals surface area contributed by atoms with Crippen LogP contribution in [0.1, 0.15) is 51.4 Å². The largest absolute Gasteiger partial charge is 0.380 e. The normalized spacial score (nSPS) is 25.4. The first-order valence-electron chi connectivity index (χ1n) is 6.69. The fraction of sp³-hybridized carbons (Fsp3) is 1.00. The summed E-state index contributed by atoms with van der Waals surface area (Å²) in [6.45, 7) is 1.72. The van der Waals surface area contributed by atoms with E-state index in [2.05, 4.69) is 0 Å². The molecule has 0 aromatic rings. The maximum atomic E-state index is 6.12. The SMILES string of the molecule is NC(COCCC1CCC1)C1CCCC1. The molecule has 0 saturated heterocycles. The molecule has 2 nitrogen and oxygen atoms in total. The Kier molecular flexibility index (Phi) is 4.45. The van der Waals surface area contributed by atoms with E-state index in [-0.39, 0.29) is 0 Å². The standard InChI is InChI=1S/C13H25NO/c14-13(12-6-1-2-7-12)10-15-9-8-11-4-3-5-11/h11-13H,1-10,14H2. The fourth-order valence-electron chi connectivity index (χ4n) is 2.77. The molecule has 0 heterocycles. The predicted molar refractivity (Wildman–Crippen MR) is 62.7 cm³/mol. The molecular formula is C13H25NO. The van der Waals surface area contributed by atoms with Crippen molar-refractivity contribution in [1.29, 1.82) is 0 Å². The van der Waals surface area contributed by atoms with Gasteiger partial charge in [0.25, 0.3) is 0 Å². The summed E-state index contributed by atoms with van der Waals surface area (Å²) in [7, 11) is 0. The van der Waals surface area contributed by atoms with E-state index in [9.17, 15) is 0 Å². The van der Waals surface area contributed by atoms with Crippen LogP contribution in [-0.2, 0) is 4.74 Å². The minimum atomic E-state index is 0.300. The Morgan fingerprint density at radius 1 is 1.07 bits per heavy atom. The molecule has 88 valence electrons. The third-order valence-electron chi connectivity index (χ3n) is 4.21. The lowest BCUT2D eigenvalue weighted by atomic mass is 9.83. The van der Waals surface area contributed by atoms with Gasteiger partial charge in [0.05, 0.1) is 6.61 Å². The zero-order valence-electron chi connectivity index (χ0n) is 9.79. The second-order valence-corrected chi connectivity index (χ2v) is 5.37. The molecule has 1 atom stereocenters. The van der Waals surface area contributed by atoms with Crippen LogP contribution in [0.25, 0.3) is 0 Å². The molecule has 2 aliphatic carbocycles. The van der Waals surface area contributed by atoms with Gasteiger partial charge in [-0.3, -0.25) is 0 Å². The Labute approximate surface area is 93.6 Å². The highest BCUT2D eigenvalue weighted by molar-refractivity contribution is 4.77. The third kappa shape index (κ3) is 3.46. The summed E-state index contributed by atoms with van der Waals surface area (Å²) in [4.78, 5) is 0. The molecule has 0 aliphatic heterocycles. The minimum Gasteiger partial charge on any atom is -0.380 e. The molecule has 2 rings (SSSR count). The molecule has 0 amide bonds. The Morgan fingerprint density at radius 3 is 2.40 bits per heavy atom. The summed E-state index contributed by atoms with van der Waals surface area (Å²) in [5.74, 6) is 1.71. The van der Waals surface area contributed by atoms with Crippen molar-refractivity contribution in [3.63, 3.8) is 0 Å². The van der Waals surface area contributed by atoms with Crippen LogP contribution < -0.4 is 5.73 Å². The van der Waals surface area contributed by atoms with Gasteiger partial charge in [-0.2, -0.15) is 0 Å². The first kappa shape index (κ1) is 11.4. The molecule has 0 radical (unpaired) electrons. The summed E-state index contributed by atoms with van der Waals surface area (Å²) >= 11 is 0. The van der Waals surface area contributed by atoms with Crippen molar-refractivity contribution in [2.75, 3.05) is 13.2 Å². The summed E-state index contributed by atoms with van der Waals surface area (Å²) < 4.78 is 5.69. The van der Waals surface area contributed by atoms with Gasteiger partial charge in [0.15, 0.2) is 0 Å². The van der Waals surface area contributed by atoms with E-state index in [0.29, 0.717) is 6.04 Å². The lowest BCUT2D eigenvalue weighted by Gasteiger charge is -2.25. The van der Waals surface area contributed by atoms with Crippen LogP contribution in [0.2, 0.25) is 0 Å². The number of hydrogen-bond donors (Lipinski definition) is 1. The topological polar surface area (TPSA) is 35.2 Å². The summed E-state index contributed by atoms with van der Waals surface area (Å²) in [6.07, 6.45) is 11.0. The first-order chi connectivity index (χ1) is 7.36. The Hall–Kier alpha value is -0.0800. The second kappa shape index (κ2) is 5.86. The van der Waals surface area contributed by atoms with Gasteiger partial charge in [0.1, 0.15) is 0 Å². The molecule has 15 heavy (non-hydrogen) atoms. The van der Waals surface area contributed by atoms with Gasteiger partial charge in [-0.1, -0.05) is 32.1 Å². The maximum absolute atomic E-state index is 6.12. The highest BCUT2D eigenvalue weighted by Gasteiger charge is 2.22. The quantitative estimate of drug-likeness (QED) is 0.686. The van der Waals surface area contributed by atoms with Crippen LogP contribution in [0.15, 0.2) is 0 Å². The Morgan fingerprint density at radius 2 is 1.80 bits per heavy atom. The first-order valence-corrected chi connectivity index (χ1v) is 6.69. The van der Waals surface area contributed by atoms with Crippen molar-refractivity contribution in [3.05, 3.63) is 0 Å². The van der Waals surface area contributed by atoms with Crippen molar-refractivity contribution in [2.24, 2.45) is 17.6 Å². The van der Waals surface area contributed by atoms with Crippen LogP contribution in [0, 0.1) is 11.8 Å². The van der Waals surface area contributed by atoms with E-state index in [1.807, 2.05) is 0 Å². The second-order valence-electron chi connectivity index (χ2n) is 5.37. The smallest absolute Gasteiger partial charge is 0.0620 e. The van der Waals surface area contributed by atoms with E-state index in [0.717, 1.165) is 25.0 Å². The molecule has 2 fully saturated rings. The van der Waals surface area contributed by atoms with Crippen molar-refractivity contribution >= 4 is 0 Å². The fourth-order valence-corrected chi connectivity index (χ4v) is 2.77. The van der Waals surface area contributed by atoms with E-state index in [1.165, 1.54) is 51.4 Å². The predicted octanol–water partition coefficient (Wildman–Crippen LogP) is 2.71. The average molecular weight is 211 g/mol. The van der Waals surface area contributed by atoms with E-state index >= 15 is 0 Å². The lowest BCUT2D eigenvalue weighted by molar-refractivity contribution is 0.0849. The average Bonchev–Trinajstić information content (AvgIpc) is 2.67. The maximum Gasteiger partial charge on any atom is 0.0620 e. The molecule has 2 heteroatoms. The van der Waals surface area contributed by atoms with Gasteiger partial charge in [-0.15, -0.1) is 0 Å². The number of ether oxygens (including phenoxy) is 1. The van der Waals surface area contributed by atoms with Crippen molar-refractivity contribution in [2.45, 2.75) is 57.4 Å². The van der Waals surface area contributed by atoms with Crippen LogP contribution in [-0.4, -0.2) is 19.3 Å². The van der Waals surface area contributed by atoms with Gasteiger partial charge >= 0.3 is 0 Å². The number of nitrogens with two attached hydrogens (primary N) is 1. The minimum absolute atomic E-state index is 0.300. The number of rotatable bonds is 6. The molecule has 0 spiro atoms. The van der Waals surface area contributed by atoms with E-state index < -0.39 is 0 Å². The summed E-state index contributed by atoms with van der Waals surface area (Å²) in [5.41, 5.74) is 6.12. The lowest BCUT2D eigenvalue weighted by Crippen LogP contribution is -2.33. The highest BCUT2D eigenvalue weighted by Crippen LogP contribution is 2.29. The van der Waals surface area contributed by atoms with Crippen molar-refractivity contribution < 1.29 is 4.74 Å². The van der Waals surface area contributed by atoms with Gasteiger partial charge in [0.2, 0.25) is 0 Å². The van der Waals surface area contributed by atoms with Crippen molar-refractivity contribution in [3.8, 4) is 0 Å².